The van der Waals surface area contributed by atoms with E-state index in [9.17, 15) is 31.5 Å². The van der Waals surface area contributed by atoms with Gasteiger partial charge in [0.1, 0.15) is 0 Å². The van der Waals surface area contributed by atoms with Crippen molar-refractivity contribution in [3.8, 4) is 0 Å². The Bertz CT molecular complexity index is 1120. The number of para-hydroxylation sites is 1. The van der Waals surface area contributed by atoms with E-state index in [1.54, 1.807) is 18.2 Å². The fraction of sp³-hybridized carbons (Fsp3) is 0.350. The lowest BCUT2D eigenvalue weighted by Gasteiger charge is -2.30. The van der Waals surface area contributed by atoms with Gasteiger partial charge < -0.3 is 20.1 Å². The molecule has 7 nitrogen and oxygen atoms in total. The van der Waals surface area contributed by atoms with Crippen molar-refractivity contribution in [2.45, 2.75) is 28.5 Å². The van der Waals surface area contributed by atoms with Crippen molar-refractivity contribution in [1.29, 1.82) is 0 Å². The normalized spacial score (nSPS) is 17.0. The maximum Gasteiger partial charge on any atom is 0.426 e. The van der Waals surface area contributed by atoms with E-state index in [0.29, 0.717) is 38.9 Å². The number of alkyl halides is 3. The number of hydrogen-bond donors (Lipinski definition) is 2. The lowest BCUT2D eigenvalue weighted by molar-refractivity contribution is -0.242. The van der Waals surface area contributed by atoms with Crippen molar-refractivity contribution in [3.63, 3.8) is 0 Å². The second-order valence-electron chi connectivity index (χ2n) is 7.24. The van der Waals surface area contributed by atoms with Crippen LogP contribution in [-0.4, -0.2) is 57.5 Å². The van der Waals surface area contributed by atoms with Crippen molar-refractivity contribution >= 4 is 38.7 Å². The van der Waals surface area contributed by atoms with Crippen LogP contribution in [0.25, 0.3) is 0 Å². The van der Waals surface area contributed by atoms with Crippen LogP contribution in [0.4, 0.5) is 24.5 Å². The average Bonchev–Trinajstić information content (AvgIpc) is 2.74. The zero-order valence-electron chi connectivity index (χ0n) is 16.8. The van der Waals surface area contributed by atoms with Crippen LogP contribution in [0.3, 0.4) is 0 Å². The van der Waals surface area contributed by atoms with Crippen molar-refractivity contribution in [1.82, 2.24) is 0 Å². The summed E-state index contributed by atoms with van der Waals surface area (Å²) >= 11 is 6.05. The first-order chi connectivity index (χ1) is 14.9. The zero-order chi connectivity index (χ0) is 23.7. The molecule has 0 unspecified atom stereocenters. The van der Waals surface area contributed by atoms with Gasteiger partial charge in [-0.1, -0.05) is 23.7 Å². The van der Waals surface area contributed by atoms with Gasteiger partial charge in [-0.25, -0.2) is 8.42 Å². The molecule has 1 heterocycles. The molecule has 0 aromatic heterocycles. The Labute approximate surface area is 187 Å². The van der Waals surface area contributed by atoms with Crippen LogP contribution in [0.1, 0.15) is 6.92 Å². The molecule has 32 heavy (non-hydrogen) atoms. The monoisotopic (exact) mass is 492 g/mol. The number of morpholine rings is 1. The highest BCUT2D eigenvalue weighted by Crippen LogP contribution is 2.35. The summed E-state index contributed by atoms with van der Waals surface area (Å²) in [7, 11) is -4.05. The van der Waals surface area contributed by atoms with Crippen molar-refractivity contribution in [3.05, 3.63) is 47.5 Å². The number of rotatable bonds is 5. The summed E-state index contributed by atoms with van der Waals surface area (Å²) < 4.78 is 70.4. The number of halogens is 4. The molecule has 1 atom stereocenters. The van der Waals surface area contributed by atoms with Gasteiger partial charge in [0.2, 0.25) is 15.4 Å². The molecule has 1 aliphatic heterocycles. The molecule has 2 aromatic rings. The fourth-order valence-electron chi connectivity index (χ4n) is 3.01. The first kappa shape index (κ1) is 24.3. The highest BCUT2D eigenvalue weighted by atomic mass is 35.5. The second kappa shape index (κ2) is 8.89. The maximum absolute atomic E-state index is 13.3. The summed E-state index contributed by atoms with van der Waals surface area (Å²) in [6.45, 7) is 2.24. The fourth-order valence-corrected chi connectivity index (χ4v) is 4.81. The summed E-state index contributed by atoms with van der Waals surface area (Å²) in [6.07, 6.45) is -5.21. The second-order valence-corrected chi connectivity index (χ2v) is 9.56. The third-order valence-electron chi connectivity index (χ3n) is 5.00. The largest absolute Gasteiger partial charge is 0.426 e. The number of aliphatic hydroxyl groups is 1. The molecule has 0 radical (unpaired) electrons. The lowest BCUT2D eigenvalue weighted by Crippen LogP contribution is -2.52. The summed E-state index contributed by atoms with van der Waals surface area (Å²) in [4.78, 5) is 13.6. The minimum Gasteiger partial charge on any atom is -0.378 e. The molecule has 0 spiro atoms. The molecular weight excluding hydrogens is 473 g/mol. The van der Waals surface area contributed by atoms with E-state index in [0.717, 1.165) is 18.2 Å². The van der Waals surface area contributed by atoms with E-state index < -0.39 is 27.5 Å². The molecule has 12 heteroatoms. The Kier molecular flexibility index (Phi) is 6.75. The number of nitrogens with one attached hydrogen (secondary N) is 1. The predicted octanol–water partition coefficient (Wildman–Crippen LogP) is 3.26. The number of nitrogens with zero attached hydrogens (tertiary/aromatic N) is 1. The number of ether oxygens (including phenoxy) is 1. The molecule has 2 N–H and O–H groups in total. The van der Waals surface area contributed by atoms with E-state index in [1.807, 2.05) is 10.2 Å². The first-order valence-corrected chi connectivity index (χ1v) is 11.3. The highest BCUT2D eigenvalue weighted by molar-refractivity contribution is 7.91. The maximum atomic E-state index is 13.3. The SMILES string of the molecule is C[C@@](O)(C(=O)Nc1ccc(S(=O)(=O)c2ccccc2N2CCOCC2)cc1Cl)C(F)(F)F. The standard InChI is InChI=1S/C20H20ClF3N2O5S/c1-19(28,20(22,23)24)18(27)25-15-7-6-13(12-14(15)21)32(29,30)17-5-3-2-4-16(17)26-8-10-31-11-9-26/h2-7,12,28H,8-11H2,1H3,(H,25,27)/t19-/m1/s1. The van der Waals surface area contributed by atoms with Crippen LogP contribution in [0, 0.1) is 0 Å². The van der Waals surface area contributed by atoms with E-state index in [2.05, 4.69) is 0 Å². The molecule has 2 aromatic carbocycles. The molecule has 0 saturated carbocycles. The Morgan fingerprint density at radius 1 is 1.16 bits per heavy atom. The van der Waals surface area contributed by atoms with Gasteiger partial charge in [-0.05, 0) is 37.3 Å². The smallest absolute Gasteiger partial charge is 0.378 e. The molecule has 174 valence electrons. The van der Waals surface area contributed by atoms with E-state index in [4.69, 9.17) is 16.3 Å². The number of carbonyl (C=O) groups excluding carboxylic acids is 1. The van der Waals surface area contributed by atoms with Crippen molar-refractivity contribution in [2.75, 3.05) is 36.5 Å². The summed E-state index contributed by atoms with van der Waals surface area (Å²) in [5, 5.41) is 11.0. The van der Waals surface area contributed by atoms with Gasteiger partial charge in [0.15, 0.2) is 0 Å². The Hall–Kier alpha value is -2.34. The number of amides is 1. The van der Waals surface area contributed by atoms with Crippen LogP contribution < -0.4 is 10.2 Å². The summed E-state index contributed by atoms with van der Waals surface area (Å²) in [5.41, 5.74) is -3.44. The third-order valence-corrected chi connectivity index (χ3v) is 7.11. The molecule has 1 aliphatic rings. The molecular formula is C20H20ClF3N2O5S. The Morgan fingerprint density at radius 3 is 2.38 bits per heavy atom. The number of carbonyl (C=O) groups is 1. The first-order valence-electron chi connectivity index (χ1n) is 9.42. The number of benzene rings is 2. The van der Waals surface area contributed by atoms with Crippen LogP contribution in [0.2, 0.25) is 5.02 Å². The summed E-state index contributed by atoms with van der Waals surface area (Å²) in [5.74, 6) is -1.75. The van der Waals surface area contributed by atoms with Crippen molar-refractivity contribution < 1.29 is 36.2 Å². The predicted molar refractivity (Wildman–Crippen MR) is 112 cm³/mol. The van der Waals surface area contributed by atoms with E-state index >= 15 is 0 Å². The molecule has 0 bridgehead atoms. The van der Waals surface area contributed by atoms with Gasteiger partial charge in [-0.15, -0.1) is 0 Å². The lowest BCUT2D eigenvalue weighted by atomic mass is 10.1. The highest BCUT2D eigenvalue weighted by Gasteiger charge is 2.55. The van der Waals surface area contributed by atoms with Gasteiger partial charge in [-0.3, -0.25) is 4.79 Å². The zero-order valence-corrected chi connectivity index (χ0v) is 18.4. The topological polar surface area (TPSA) is 95.9 Å². The van der Waals surface area contributed by atoms with E-state index in [-0.39, 0.29) is 20.5 Å². The van der Waals surface area contributed by atoms with Gasteiger partial charge >= 0.3 is 6.18 Å². The average molecular weight is 493 g/mol. The Morgan fingerprint density at radius 2 is 1.78 bits per heavy atom. The minimum atomic E-state index is -5.21. The molecule has 3 rings (SSSR count). The van der Waals surface area contributed by atoms with Gasteiger partial charge in [-0.2, -0.15) is 13.2 Å². The van der Waals surface area contributed by atoms with Gasteiger partial charge in [0.05, 0.1) is 39.4 Å². The molecule has 0 aliphatic carbocycles. The van der Waals surface area contributed by atoms with Crippen molar-refractivity contribution in [2.24, 2.45) is 0 Å². The minimum absolute atomic E-state index is 0.0368. The third kappa shape index (κ3) is 4.70. The van der Waals surface area contributed by atoms with Gasteiger partial charge in [0, 0.05) is 13.1 Å². The van der Waals surface area contributed by atoms with Crippen LogP contribution in [-0.2, 0) is 19.4 Å². The molecule has 1 fully saturated rings. The van der Waals surface area contributed by atoms with Crippen LogP contribution in [0.5, 0.6) is 0 Å². The van der Waals surface area contributed by atoms with Gasteiger partial charge in [0.25, 0.3) is 5.91 Å². The summed E-state index contributed by atoms with van der Waals surface area (Å²) in [6, 6.07) is 9.63. The molecule has 1 saturated heterocycles. The number of hydrogen-bond acceptors (Lipinski definition) is 6. The molecule has 1 amide bonds. The quantitative estimate of drug-likeness (QED) is 0.665. The number of sulfone groups is 1. The van der Waals surface area contributed by atoms with Crippen LogP contribution in [0.15, 0.2) is 52.3 Å². The van der Waals surface area contributed by atoms with E-state index in [1.165, 1.54) is 6.07 Å². The van der Waals surface area contributed by atoms with Crippen LogP contribution >= 0.6 is 11.6 Å². The Balaban J connectivity index is 1.92. The number of anilines is 2.